The number of nitrogens with one attached hydrogen (secondary N) is 1. The van der Waals surface area contributed by atoms with Gasteiger partial charge < -0.3 is 10.1 Å². The first-order valence-corrected chi connectivity index (χ1v) is 7.65. The second kappa shape index (κ2) is 7.16. The van der Waals surface area contributed by atoms with Gasteiger partial charge in [0.2, 0.25) is 0 Å². The maximum absolute atomic E-state index is 6.26. The summed E-state index contributed by atoms with van der Waals surface area (Å²) < 4.78 is 5.38. The molecule has 1 aliphatic rings. The highest BCUT2D eigenvalue weighted by molar-refractivity contribution is 6.31. The van der Waals surface area contributed by atoms with E-state index in [1.54, 1.807) is 7.11 Å². The van der Waals surface area contributed by atoms with Crippen molar-refractivity contribution in [2.75, 3.05) is 7.11 Å². The normalized spacial score (nSPS) is 18.3. The summed E-state index contributed by atoms with van der Waals surface area (Å²) in [7, 11) is 1.69. The summed E-state index contributed by atoms with van der Waals surface area (Å²) in [4.78, 5) is 0. The van der Waals surface area contributed by atoms with Crippen molar-refractivity contribution < 1.29 is 4.74 Å². The lowest BCUT2D eigenvalue weighted by atomic mass is 9.84. The van der Waals surface area contributed by atoms with Gasteiger partial charge in [0.05, 0.1) is 7.11 Å². The lowest BCUT2D eigenvalue weighted by Crippen LogP contribution is -2.34. The fourth-order valence-electron chi connectivity index (χ4n) is 2.97. The maximum Gasteiger partial charge on any atom is 0.124 e. The van der Waals surface area contributed by atoms with Crippen molar-refractivity contribution in [1.82, 2.24) is 5.32 Å². The van der Waals surface area contributed by atoms with Gasteiger partial charge >= 0.3 is 0 Å². The second-order valence-electron chi connectivity index (χ2n) is 5.49. The molecule has 1 N–H and O–H groups in total. The lowest BCUT2D eigenvalue weighted by Gasteiger charge is -2.28. The van der Waals surface area contributed by atoms with E-state index in [2.05, 4.69) is 12.2 Å². The van der Waals surface area contributed by atoms with E-state index in [0.717, 1.165) is 28.8 Å². The molecule has 0 saturated heterocycles. The van der Waals surface area contributed by atoms with E-state index in [1.165, 1.54) is 32.1 Å². The van der Waals surface area contributed by atoms with E-state index in [4.69, 9.17) is 16.3 Å². The van der Waals surface area contributed by atoms with Gasteiger partial charge in [0.25, 0.3) is 0 Å². The molecule has 1 unspecified atom stereocenters. The van der Waals surface area contributed by atoms with E-state index in [9.17, 15) is 0 Å². The van der Waals surface area contributed by atoms with Crippen LogP contribution in [0.5, 0.6) is 5.75 Å². The van der Waals surface area contributed by atoms with Crippen molar-refractivity contribution in [3.63, 3.8) is 0 Å². The van der Waals surface area contributed by atoms with Crippen LogP contribution in [-0.4, -0.2) is 13.2 Å². The number of hydrogen-bond donors (Lipinski definition) is 1. The predicted octanol–water partition coefficient (Wildman–Crippen LogP) is 4.41. The Balaban J connectivity index is 1.94. The molecule has 1 aromatic rings. The summed E-state index contributed by atoms with van der Waals surface area (Å²) in [6.45, 7) is 3.07. The summed E-state index contributed by atoms with van der Waals surface area (Å²) in [6, 6.07) is 6.36. The molecule has 0 bridgehead atoms. The van der Waals surface area contributed by atoms with Crippen LogP contribution in [0.25, 0.3) is 0 Å². The van der Waals surface area contributed by atoms with E-state index in [1.807, 2.05) is 18.2 Å². The molecule has 1 fully saturated rings. The molecular weight excluding hydrogens is 258 g/mol. The highest BCUT2D eigenvalue weighted by Crippen LogP contribution is 2.28. The van der Waals surface area contributed by atoms with Crippen LogP contribution in [0.15, 0.2) is 18.2 Å². The zero-order valence-corrected chi connectivity index (χ0v) is 12.7. The lowest BCUT2D eigenvalue weighted by molar-refractivity contribution is 0.279. The van der Waals surface area contributed by atoms with Crippen LogP contribution in [0.3, 0.4) is 0 Å². The average Bonchev–Trinajstić information content (AvgIpc) is 2.46. The smallest absolute Gasteiger partial charge is 0.124 e. The van der Waals surface area contributed by atoms with Crippen LogP contribution < -0.4 is 10.1 Å². The van der Waals surface area contributed by atoms with E-state index < -0.39 is 0 Å². The standard InChI is InChI=1S/C16H24ClNO/c1-12(13-7-4-3-5-8-13)18-11-14-15(17)9-6-10-16(14)19-2/h6,9-10,12-13,18H,3-5,7-8,11H2,1-2H3. The molecular formula is C16H24ClNO. The number of benzene rings is 1. The quantitative estimate of drug-likeness (QED) is 0.863. The zero-order chi connectivity index (χ0) is 13.7. The van der Waals surface area contributed by atoms with Gasteiger partial charge in [0, 0.05) is 23.2 Å². The fraction of sp³-hybridized carbons (Fsp3) is 0.625. The molecule has 1 aliphatic carbocycles. The Kier molecular flexibility index (Phi) is 5.53. The molecule has 3 heteroatoms. The monoisotopic (exact) mass is 281 g/mol. The Bertz CT molecular complexity index is 402. The summed E-state index contributed by atoms with van der Waals surface area (Å²) in [6.07, 6.45) is 6.88. The van der Waals surface area contributed by atoms with Crippen LogP contribution >= 0.6 is 11.6 Å². The highest BCUT2D eigenvalue weighted by atomic mass is 35.5. The minimum Gasteiger partial charge on any atom is -0.496 e. The molecule has 0 spiro atoms. The highest BCUT2D eigenvalue weighted by Gasteiger charge is 2.20. The maximum atomic E-state index is 6.26. The molecule has 0 heterocycles. The zero-order valence-electron chi connectivity index (χ0n) is 11.9. The first-order valence-electron chi connectivity index (χ1n) is 7.27. The first kappa shape index (κ1) is 14.7. The van der Waals surface area contributed by atoms with Crippen molar-refractivity contribution in [3.8, 4) is 5.75 Å². The molecule has 0 aromatic heterocycles. The number of methoxy groups -OCH3 is 1. The molecule has 2 nitrogen and oxygen atoms in total. The van der Waals surface area contributed by atoms with Gasteiger partial charge in [-0.25, -0.2) is 0 Å². The molecule has 0 radical (unpaired) electrons. The Morgan fingerprint density at radius 1 is 1.32 bits per heavy atom. The van der Waals surface area contributed by atoms with Gasteiger partial charge in [-0.15, -0.1) is 0 Å². The van der Waals surface area contributed by atoms with Gasteiger partial charge in [0.1, 0.15) is 5.75 Å². The molecule has 0 amide bonds. The number of hydrogen-bond acceptors (Lipinski definition) is 2. The van der Waals surface area contributed by atoms with Gasteiger partial charge in [-0.3, -0.25) is 0 Å². The molecule has 106 valence electrons. The van der Waals surface area contributed by atoms with Crippen molar-refractivity contribution in [3.05, 3.63) is 28.8 Å². The number of rotatable bonds is 5. The average molecular weight is 282 g/mol. The van der Waals surface area contributed by atoms with Crippen LogP contribution in [-0.2, 0) is 6.54 Å². The van der Waals surface area contributed by atoms with Gasteiger partial charge in [-0.2, -0.15) is 0 Å². The summed E-state index contributed by atoms with van der Waals surface area (Å²) in [5.41, 5.74) is 1.06. The molecule has 1 atom stereocenters. The van der Waals surface area contributed by atoms with Crippen molar-refractivity contribution in [2.45, 2.75) is 51.6 Å². The summed E-state index contributed by atoms with van der Waals surface area (Å²) in [5.74, 6) is 1.68. The first-order chi connectivity index (χ1) is 9.22. The van der Waals surface area contributed by atoms with E-state index in [-0.39, 0.29) is 0 Å². The third-order valence-corrected chi connectivity index (χ3v) is 4.61. The Hall–Kier alpha value is -0.730. The Morgan fingerprint density at radius 2 is 2.05 bits per heavy atom. The number of ether oxygens (including phenoxy) is 1. The van der Waals surface area contributed by atoms with Crippen LogP contribution in [0.2, 0.25) is 5.02 Å². The van der Waals surface area contributed by atoms with Crippen molar-refractivity contribution in [1.29, 1.82) is 0 Å². The number of halogens is 1. The molecule has 19 heavy (non-hydrogen) atoms. The third kappa shape index (κ3) is 3.87. The van der Waals surface area contributed by atoms with Crippen LogP contribution in [0.1, 0.15) is 44.6 Å². The van der Waals surface area contributed by atoms with Crippen LogP contribution in [0, 0.1) is 5.92 Å². The Morgan fingerprint density at radius 3 is 2.74 bits per heavy atom. The Labute approximate surface area is 121 Å². The largest absolute Gasteiger partial charge is 0.496 e. The fourth-order valence-corrected chi connectivity index (χ4v) is 3.20. The summed E-state index contributed by atoms with van der Waals surface area (Å²) in [5, 5.41) is 4.40. The predicted molar refractivity (Wildman–Crippen MR) is 80.9 cm³/mol. The van der Waals surface area contributed by atoms with E-state index >= 15 is 0 Å². The molecule has 1 aromatic carbocycles. The SMILES string of the molecule is COc1cccc(Cl)c1CNC(C)C1CCCCC1. The van der Waals surface area contributed by atoms with Gasteiger partial charge in [-0.1, -0.05) is 36.9 Å². The minimum atomic E-state index is 0.543. The second-order valence-corrected chi connectivity index (χ2v) is 5.90. The molecule has 2 rings (SSSR count). The molecule has 1 saturated carbocycles. The van der Waals surface area contributed by atoms with Crippen molar-refractivity contribution in [2.24, 2.45) is 5.92 Å². The van der Waals surface area contributed by atoms with Crippen molar-refractivity contribution >= 4 is 11.6 Å². The molecule has 0 aliphatic heterocycles. The summed E-state index contributed by atoms with van der Waals surface area (Å²) >= 11 is 6.26. The van der Waals surface area contributed by atoms with E-state index in [0.29, 0.717) is 6.04 Å². The van der Waals surface area contributed by atoms with Gasteiger partial charge in [-0.05, 0) is 37.8 Å². The van der Waals surface area contributed by atoms with Gasteiger partial charge in [0.15, 0.2) is 0 Å². The third-order valence-electron chi connectivity index (χ3n) is 4.25. The topological polar surface area (TPSA) is 21.3 Å². The van der Waals surface area contributed by atoms with Crippen LogP contribution in [0.4, 0.5) is 0 Å². The minimum absolute atomic E-state index is 0.543.